The average molecular weight is 347 g/mol. The van der Waals surface area contributed by atoms with Gasteiger partial charge in [0.25, 0.3) is 5.91 Å². The predicted molar refractivity (Wildman–Crippen MR) is 93.3 cm³/mol. The molecule has 0 unspecified atom stereocenters. The summed E-state index contributed by atoms with van der Waals surface area (Å²) >= 11 is 0. The molecule has 0 spiro atoms. The summed E-state index contributed by atoms with van der Waals surface area (Å²) in [5, 5.41) is 3.29. The molecule has 4 aliphatic carbocycles. The van der Waals surface area contributed by atoms with Gasteiger partial charge < -0.3 is 5.32 Å². The summed E-state index contributed by atoms with van der Waals surface area (Å²) in [5.74, 6) is 3.12. The normalized spacial score (nSPS) is 34.3. The first kappa shape index (κ1) is 16.1. The topological polar surface area (TPSA) is 63.2 Å². The van der Waals surface area contributed by atoms with Gasteiger partial charge >= 0.3 is 0 Å². The molecule has 1 aromatic rings. The Bertz CT molecular complexity index is 710. The second-order valence-corrected chi connectivity index (χ2v) is 10.3. The lowest BCUT2D eigenvalue weighted by molar-refractivity contribution is -0.0119. The third-order valence-corrected chi connectivity index (χ3v) is 7.03. The molecule has 4 saturated carbocycles. The van der Waals surface area contributed by atoms with Crippen LogP contribution in [-0.4, -0.2) is 26.6 Å². The zero-order valence-corrected chi connectivity index (χ0v) is 14.9. The van der Waals surface area contributed by atoms with Crippen molar-refractivity contribution in [3.8, 4) is 0 Å². The highest BCUT2D eigenvalue weighted by molar-refractivity contribution is 7.89. The van der Waals surface area contributed by atoms with Crippen molar-refractivity contribution >= 4 is 15.7 Å². The van der Waals surface area contributed by atoms with Crippen LogP contribution in [0.2, 0.25) is 0 Å². The monoisotopic (exact) mass is 347 g/mol. The first-order valence-electron chi connectivity index (χ1n) is 8.95. The van der Waals surface area contributed by atoms with Crippen LogP contribution in [0.15, 0.2) is 24.3 Å². The van der Waals surface area contributed by atoms with Crippen LogP contribution >= 0.6 is 0 Å². The molecule has 1 amide bonds. The third-order valence-electron chi connectivity index (χ3n) is 6.17. The summed E-state index contributed by atoms with van der Waals surface area (Å²) in [5.41, 5.74) is 1.35. The van der Waals surface area contributed by atoms with Gasteiger partial charge in [0.1, 0.15) is 0 Å². The minimum absolute atomic E-state index is 0.0154. The molecule has 24 heavy (non-hydrogen) atoms. The van der Waals surface area contributed by atoms with Gasteiger partial charge in [0, 0.05) is 17.9 Å². The second kappa shape index (κ2) is 5.87. The van der Waals surface area contributed by atoms with Crippen molar-refractivity contribution in [3.05, 3.63) is 35.4 Å². The van der Waals surface area contributed by atoms with Crippen molar-refractivity contribution < 1.29 is 13.2 Å². The minimum atomic E-state index is -3.05. The molecule has 1 N–H and O–H groups in total. The first-order chi connectivity index (χ1) is 11.4. The SMILES string of the molecule is CS(=O)(=O)Cc1ccc(C(=O)NC2C3CC4CC(C3)CC2C4)cc1. The summed E-state index contributed by atoms with van der Waals surface area (Å²) in [6.07, 6.45) is 7.77. The Morgan fingerprint density at radius 3 is 2.04 bits per heavy atom. The van der Waals surface area contributed by atoms with Crippen LogP contribution in [-0.2, 0) is 15.6 Å². The molecule has 4 aliphatic rings. The smallest absolute Gasteiger partial charge is 0.251 e. The number of benzene rings is 1. The maximum atomic E-state index is 12.6. The van der Waals surface area contributed by atoms with E-state index in [2.05, 4.69) is 5.32 Å². The average Bonchev–Trinajstić information content (AvgIpc) is 2.49. The zero-order chi connectivity index (χ0) is 16.9. The maximum absolute atomic E-state index is 12.6. The summed E-state index contributed by atoms with van der Waals surface area (Å²) in [7, 11) is -3.05. The van der Waals surface area contributed by atoms with Crippen LogP contribution in [0.3, 0.4) is 0 Å². The lowest BCUT2D eigenvalue weighted by atomic mass is 9.54. The number of carbonyl (C=O) groups is 1. The fourth-order valence-corrected chi connectivity index (χ4v) is 6.25. The van der Waals surface area contributed by atoms with Crippen molar-refractivity contribution in [2.45, 2.75) is 43.9 Å². The Balaban J connectivity index is 1.43. The van der Waals surface area contributed by atoms with Crippen LogP contribution < -0.4 is 5.32 Å². The number of nitrogens with one attached hydrogen (secondary N) is 1. The molecule has 0 atom stereocenters. The zero-order valence-electron chi connectivity index (χ0n) is 14.1. The highest BCUT2D eigenvalue weighted by atomic mass is 32.2. The molecule has 4 fully saturated rings. The molecular formula is C19H25NO3S. The van der Waals surface area contributed by atoms with Crippen LogP contribution in [0.4, 0.5) is 0 Å². The Morgan fingerprint density at radius 2 is 1.54 bits per heavy atom. The predicted octanol–water partition coefficient (Wildman–Crippen LogP) is 2.79. The van der Waals surface area contributed by atoms with Gasteiger partial charge in [-0.2, -0.15) is 0 Å². The van der Waals surface area contributed by atoms with E-state index in [9.17, 15) is 13.2 Å². The van der Waals surface area contributed by atoms with E-state index in [-0.39, 0.29) is 11.7 Å². The van der Waals surface area contributed by atoms with Crippen molar-refractivity contribution in [2.24, 2.45) is 23.7 Å². The van der Waals surface area contributed by atoms with Gasteiger partial charge in [0.2, 0.25) is 0 Å². The Morgan fingerprint density at radius 1 is 1.00 bits per heavy atom. The number of amides is 1. The first-order valence-corrected chi connectivity index (χ1v) is 11.0. The molecule has 0 aliphatic heterocycles. The lowest BCUT2D eigenvalue weighted by Crippen LogP contribution is -2.55. The summed E-state index contributed by atoms with van der Waals surface area (Å²) in [4.78, 5) is 12.6. The van der Waals surface area contributed by atoms with Gasteiger partial charge in [-0.15, -0.1) is 0 Å². The van der Waals surface area contributed by atoms with E-state index < -0.39 is 9.84 Å². The van der Waals surface area contributed by atoms with Gasteiger partial charge in [0.15, 0.2) is 9.84 Å². The molecule has 4 nitrogen and oxygen atoms in total. The van der Waals surface area contributed by atoms with Gasteiger partial charge in [-0.3, -0.25) is 4.79 Å². The van der Waals surface area contributed by atoms with Gasteiger partial charge in [0.05, 0.1) is 5.75 Å². The number of sulfone groups is 1. The number of hydrogen-bond acceptors (Lipinski definition) is 3. The maximum Gasteiger partial charge on any atom is 0.251 e. The van der Waals surface area contributed by atoms with Crippen molar-refractivity contribution in [1.82, 2.24) is 5.32 Å². The van der Waals surface area contributed by atoms with E-state index >= 15 is 0 Å². The van der Waals surface area contributed by atoms with Crippen molar-refractivity contribution in [3.63, 3.8) is 0 Å². The van der Waals surface area contributed by atoms with Crippen molar-refractivity contribution in [1.29, 1.82) is 0 Å². The van der Waals surface area contributed by atoms with Gasteiger partial charge in [-0.1, -0.05) is 12.1 Å². The van der Waals surface area contributed by atoms with Crippen LogP contribution in [0.25, 0.3) is 0 Å². The fraction of sp³-hybridized carbons (Fsp3) is 0.632. The third kappa shape index (κ3) is 3.23. The molecule has 0 radical (unpaired) electrons. The van der Waals surface area contributed by atoms with Gasteiger partial charge in [-0.05, 0) is 73.5 Å². The van der Waals surface area contributed by atoms with Crippen LogP contribution in [0.5, 0.6) is 0 Å². The summed E-state index contributed by atoms with van der Waals surface area (Å²) in [6.45, 7) is 0. The molecule has 5 heteroatoms. The highest BCUT2D eigenvalue weighted by Gasteiger charge is 2.48. The molecule has 0 heterocycles. The van der Waals surface area contributed by atoms with Crippen LogP contribution in [0, 0.1) is 23.7 Å². The number of carbonyl (C=O) groups excluding carboxylic acids is 1. The van der Waals surface area contributed by atoms with E-state index in [0.717, 1.165) is 17.4 Å². The van der Waals surface area contributed by atoms with E-state index in [0.29, 0.717) is 23.4 Å². The van der Waals surface area contributed by atoms with E-state index in [4.69, 9.17) is 0 Å². The summed E-state index contributed by atoms with van der Waals surface area (Å²) in [6, 6.07) is 7.30. The van der Waals surface area contributed by atoms with E-state index in [1.807, 2.05) is 0 Å². The quantitative estimate of drug-likeness (QED) is 0.911. The standard InChI is InChI=1S/C19H25NO3S/c1-24(22,23)11-12-2-4-15(5-3-12)19(21)20-18-16-7-13-6-14(9-16)10-17(18)8-13/h2-5,13-14,16-18H,6-11H2,1H3,(H,20,21). The molecule has 4 bridgehead atoms. The van der Waals surface area contributed by atoms with Crippen molar-refractivity contribution in [2.75, 3.05) is 6.26 Å². The second-order valence-electron chi connectivity index (χ2n) is 8.20. The van der Waals surface area contributed by atoms with Crippen LogP contribution in [0.1, 0.15) is 48.0 Å². The number of hydrogen-bond donors (Lipinski definition) is 1. The molecule has 130 valence electrons. The van der Waals surface area contributed by atoms with Gasteiger partial charge in [-0.25, -0.2) is 8.42 Å². The fourth-order valence-electron chi connectivity index (χ4n) is 5.45. The van der Waals surface area contributed by atoms with E-state index in [1.54, 1.807) is 24.3 Å². The molecule has 1 aromatic carbocycles. The Kier molecular flexibility index (Phi) is 3.94. The minimum Gasteiger partial charge on any atom is -0.349 e. The lowest BCUT2D eigenvalue weighted by Gasteiger charge is -2.54. The molecule has 5 rings (SSSR count). The Hall–Kier alpha value is -1.36. The number of rotatable bonds is 4. The highest BCUT2D eigenvalue weighted by Crippen LogP contribution is 2.53. The van der Waals surface area contributed by atoms with E-state index in [1.165, 1.54) is 38.4 Å². The largest absolute Gasteiger partial charge is 0.349 e. The Labute approximate surface area is 143 Å². The molecule has 0 aromatic heterocycles. The molecule has 0 saturated heterocycles. The molecular weight excluding hydrogens is 322 g/mol. The summed E-state index contributed by atoms with van der Waals surface area (Å²) < 4.78 is 22.7.